The van der Waals surface area contributed by atoms with Crippen molar-refractivity contribution in [3.8, 4) is 0 Å². The van der Waals surface area contributed by atoms with Gasteiger partial charge in [0.2, 0.25) is 5.91 Å². The maximum absolute atomic E-state index is 11.7. The molecule has 0 aliphatic rings. The van der Waals surface area contributed by atoms with Gasteiger partial charge in [0, 0.05) is 0 Å². The molecule has 0 heterocycles. The maximum Gasteiger partial charge on any atom is 0.239 e. The average molecular weight is 220 g/mol. The van der Waals surface area contributed by atoms with Crippen molar-refractivity contribution in [2.45, 2.75) is 39.3 Å². The van der Waals surface area contributed by atoms with E-state index in [1.54, 1.807) is 13.8 Å². The summed E-state index contributed by atoms with van der Waals surface area (Å²) in [7, 11) is 0. The Morgan fingerprint density at radius 2 is 1.81 bits per heavy atom. The van der Waals surface area contributed by atoms with E-state index in [4.69, 9.17) is 5.73 Å². The van der Waals surface area contributed by atoms with Crippen LogP contribution in [0.15, 0.2) is 24.3 Å². The van der Waals surface area contributed by atoms with Gasteiger partial charge in [-0.1, -0.05) is 29.8 Å². The molecular formula is C13H20N2O. The van der Waals surface area contributed by atoms with Crippen LogP contribution in [0.2, 0.25) is 0 Å². The zero-order valence-corrected chi connectivity index (χ0v) is 10.4. The molecule has 0 bridgehead atoms. The summed E-state index contributed by atoms with van der Waals surface area (Å²) in [5.41, 5.74) is 7.18. The SMILES string of the molecule is Cc1ccc(C(C)NC(=O)C(C)(C)N)cc1. The van der Waals surface area contributed by atoms with E-state index in [0.29, 0.717) is 0 Å². The van der Waals surface area contributed by atoms with Crippen LogP contribution in [0.1, 0.15) is 37.9 Å². The van der Waals surface area contributed by atoms with Crippen LogP contribution in [-0.2, 0) is 4.79 Å². The van der Waals surface area contributed by atoms with Gasteiger partial charge in [-0.15, -0.1) is 0 Å². The molecule has 3 heteroatoms. The lowest BCUT2D eigenvalue weighted by Gasteiger charge is -2.22. The highest BCUT2D eigenvalue weighted by atomic mass is 16.2. The van der Waals surface area contributed by atoms with Gasteiger partial charge < -0.3 is 11.1 Å². The fraction of sp³-hybridized carbons (Fsp3) is 0.462. The smallest absolute Gasteiger partial charge is 0.239 e. The molecule has 1 rings (SSSR count). The molecule has 1 amide bonds. The lowest BCUT2D eigenvalue weighted by atomic mass is 10.0. The van der Waals surface area contributed by atoms with E-state index >= 15 is 0 Å². The van der Waals surface area contributed by atoms with Crippen LogP contribution in [-0.4, -0.2) is 11.4 Å². The minimum absolute atomic E-state index is 0.0177. The van der Waals surface area contributed by atoms with Crippen molar-refractivity contribution in [1.82, 2.24) is 5.32 Å². The molecule has 0 aromatic heterocycles. The van der Waals surface area contributed by atoms with Crippen LogP contribution >= 0.6 is 0 Å². The largest absolute Gasteiger partial charge is 0.348 e. The van der Waals surface area contributed by atoms with E-state index in [1.807, 2.05) is 38.1 Å². The van der Waals surface area contributed by atoms with Crippen molar-refractivity contribution in [2.75, 3.05) is 0 Å². The number of carbonyl (C=O) groups excluding carboxylic acids is 1. The number of hydrogen-bond acceptors (Lipinski definition) is 2. The molecule has 1 unspecified atom stereocenters. The van der Waals surface area contributed by atoms with Crippen molar-refractivity contribution in [3.05, 3.63) is 35.4 Å². The molecule has 1 aromatic carbocycles. The van der Waals surface area contributed by atoms with Gasteiger partial charge in [-0.2, -0.15) is 0 Å². The van der Waals surface area contributed by atoms with Crippen LogP contribution < -0.4 is 11.1 Å². The van der Waals surface area contributed by atoms with Gasteiger partial charge in [-0.3, -0.25) is 4.79 Å². The number of nitrogens with two attached hydrogens (primary N) is 1. The van der Waals surface area contributed by atoms with E-state index < -0.39 is 5.54 Å². The molecule has 88 valence electrons. The summed E-state index contributed by atoms with van der Waals surface area (Å²) in [5, 5.41) is 2.89. The molecule has 0 aliphatic carbocycles. The maximum atomic E-state index is 11.7. The Morgan fingerprint density at radius 3 is 2.25 bits per heavy atom. The lowest BCUT2D eigenvalue weighted by Crippen LogP contribution is -2.49. The van der Waals surface area contributed by atoms with Crippen LogP contribution in [0.3, 0.4) is 0 Å². The number of rotatable bonds is 3. The standard InChI is InChI=1S/C13H20N2O/c1-9-5-7-11(8-6-9)10(2)15-12(16)13(3,4)14/h5-8,10H,14H2,1-4H3,(H,15,16). The first-order valence-corrected chi connectivity index (χ1v) is 5.47. The molecule has 1 aromatic rings. The molecule has 0 fully saturated rings. The molecule has 16 heavy (non-hydrogen) atoms. The highest BCUT2D eigenvalue weighted by molar-refractivity contribution is 5.85. The summed E-state index contributed by atoms with van der Waals surface area (Å²) in [6, 6.07) is 8.08. The lowest BCUT2D eigenvalue weighted by molar-refractivity contribution is -0.125. The number of amides is 1. The summed E-state index contributed by atoms with van der Waals surface area (Å²) in [6.45, 7) is 7.39. The molecule has 0 radical (unpaired) electrons. The Morgan fingerprint density at radius 1 is 1.31 bits per heavy atom. The number of hydrogen-bond donors (Lipinski definition) is 2. The zero-order valence-electron chi connectivity index (χ0n) is 10.4. The first kappa shape index (κ1) is 12.7. The average Bonchev–Trinajstić information content (AvgIpc) is 2.17. The predicted octanol–water partition coefficient (Wildman–Crippen LogP) is 1.91. The molecule has 3 nitrogen and oxygen atoms in total. The second-order valence-corrected chi connectivity index (χ2v) is 4.83. The van der Waals surface area contributed by atoms with Crippen molar-refractivity contribution < 1.29 is 4.79 Å². The van der Waals surface area contributed by atoms with Gasteiger partial charge in [0.1, 0.15) is 0 Å². The first-order chi connectivity index (χ1) is 7.30. The van der Waals surface area contributed by atoms with Gasteiger partial charge in [0.25, 0.3) is 0 Å². The summed E-state index contributed by atoms with van der Waals surface area (Å²) in [5.74, 6) is -0.138. The monoisotopic (exact) mass is 220 g/mol. The van der Waals surface area contributed by atoms with E-state index in [9.17, 15) is 4.79 Å². The van der Waals surface area contributed by atoms with E-state index in [2.05, 4.69) is 5.32 Å². The Bertz CT molecular complexity index is 363. The van der Waals surface area contributed by atoms with Crippen molar-refractivity contribution >= 4 is 5.91 Å². The minimum atomic E-state index is -0.834. The van der Waals surface area contributed by atoms with Crippen LogP contribution in [0, 0.1) is 6.92 Å². The Labute approximate surface area is 97.0 Å². The minimum Gasteiger partial charge on any atom is -0.348 e. The van der Waals surface area contributed by atoms with Crippen LogP contribution in [0.5, 0.6) is 0 Å². The summed E-state index contributed by atoms with van der Waals surface area (Å²) < 4.78 is 0. The molecule has 0 aliphatic heterocycles. The highest BCUT2D eigenvalue weighted by Crippen LogP contribution is 2.13. The normalized spacial score (nSPS) is 13.3. The van der Waals surface area contributed by atoms with Crippen molar-refractivity contribution in [1.29, 1.82) is 0 Å². The van der Waals surface area contributed by atoms with E-state index in [0.717, 1.165) is 5.56 Å². The fourth-order valence-corrected chi connectivity index (χ4v) is 1.32. The predicted molar refractivity (Wildman–Crippen MR) is 66.0 cm³/mol. The molecule has 1 atom stereocenters. The molecular weight excluding hydrogens is 200 g/mol. The third kappa shape index (κ3) is 3.35. The second-order valence-electron chi connectivity index (χ2n) is 4.83. The molecule has 0 saturated carbocycles. The number of nitrogens with one attached hydrogen (secondary N) is 1. The molecule has 0 spiro atoms. The van der Waals surface area contributed by atoms with Gasteiger partial charge in [-0.25, -0.2) is 0 Å². The number of benzene rings is 1. The van der Waals surface area contributed by atoms with Gasteiger partial charge in [0.15, 0.2) is 0 Å². The van der Waals surface area contributed by atoms with Gasteiger partial charge in [-0.05, 0) is 33.3 Å². The third-order valence-corrected chi connectivity index (χ3v) is 2.51. The molecule has 3 N–H and O–H groups in total. The number of carbonyl (C=O) groups is 1. The summed E-state index contributed by atoms with van der Waals surface area (Å²) in [4.78, 5) is 11.7. The topological polar surface area (TPSA) is 55.1 Å². The van der Waals surface area contributed by atoms with Crippen LogP contribution in [0.4, 0.5) is 0 Å². The Hall–Kier alpha value is -1.35. The van der Waals surface area contributed by atoms with Crippen molar-refractivity contribution in [3.63, 3.8) is 0 Å². The van der Waals surface area contributed by atoms with E-state index in [1.165, 1.54) is 5.56 Å². The third-order valence-electron chi connectivity index (χ3n) is 2.51. The number of aryl methyl sites for hydroxylation is 1. The Kier molecular flexibility index (Phi) is 3.70. The second kappa shape index (κ2) is 4.66. The van der Waals surface area contributed by atoms with Crippen molar-refractivity contribution in [2.24, 2.45) is 5.73 Å². The fourth-order valence-electron chi connectivity index (χ4n) is 1.32. The van der Waals surface area contributed by atoms with E-state index in [-0.39, 0.29) is 11.9 Å². The Balaban J connectivity index is 2.69. The molecule has 0 saturated heterocycles. The quantitative estimate of drug-likeness (QED) is 0.817. The summed E-state index contributed by atoms with van der Waals surface area (Å²) in [6.07, 6.45) is 0. The highest BCUT2D eigenvalue weighted by Gasteiger charge is 2.23. The van der Waals surface area contributed by atoms with Crippen LogP contribution in [0.25, 0.3) is 0 Å². The van der Waals surface area contributed by atoms with Gasteiger partial charge >= 0.3 is 0 Å². The summed E-state index contributed by atoms with van der Waals surface area (Å²) >= 11 is 0. The zero-order chi connectivity index (χ0) is 12.3. The van der Waals surface area contributed by atoms with Gasteiger partial charge in [0.05, 0.1) is 11.6 Å². The first-order valence-electron chi connectivity index (χ1n) is 5.47.